The molecule has 0 bridgehead atoms. The van der Waals surface area contributed by atoms with Gasteiger partial charge in [0, 0.05) is 25.3 Å². The first-order chi connectivity index (χ1) is 9.54. The van der Waals surface area contributed by atoms with Gasteiger partial charge in [-0.25, -0.2) is 0 Å². The minimum Gasteiger partial charge on any atom is -0.345 e. The summed E-state index contributed by atoms with van der Waals surface area (Å²) >= 11 is 0. The van der Waals surface area contributed by atoms with Gasteiger partial charge in [0.1, 0.15) is 0 Å². The lowest BCUT2D eigenvalue weighted by molar-refractivity contribution is -0.119. The van der Waals surface area contributed by atoms with E-state index in [4.69, 9.17) is 5.73 Å². The number of aryl methyl sites for hydroxylation is 1. The summed E-state index contributed by atoms with van der Waals surface area (Å²) < 4.78 is 0. The van der Waals surface area contributed by atoms with Crippen molar-refractivity contribution in [3.63, 3.8) is 0 Å². The second-order valence-electron chi connectivity index (χ2n) is 6.56. The molecule has 0 radical (unpaired) electrons. The predicted octanol–water partition coefficient (Wildman–Crippen LogP) is 2.01. The third-order valence-electron chi connectivity index (χ3n) is 3.35. The molecule has 2 amide bonds. The summed E-state index contributed by atoms with van der Waals surface area (Å²) in [5.41, 5.74) is 7.70. The van der Waals surface area contributed by atoms with Crippen molar-refractivity contribution < 1.29 is 9.59 Å². The van der Waals surface area contributed by atoms with E-state index in [1.54, 1.807) is 32.3 Å². The molecule has 0 heterocycles. The summed E-state index contributed by atoms with van der Waals surface area (Å²) in [6.45, 7) is 7.60. The monoisotopic (exact) mass is 291 g/mol. The van der Waals surface area contributed by atoms with Gasteiger partial charge in [0.15, 0.2) is 0 Å². The minimum atomic E-state index is -0.596. The Morgan fingerprint density at radius 2 is 1.81 bits per heavy atom. The largest absolute Gasteiger partial charge is 0.345 e. The molecule has 0 saturated heterocycles. The number of hydrogen-bond acceptors (Lipinski definition) is 3. The van der Waals surface area contributed by atoms with Crippen molar-refractivity contribution in [1.82, 2.24) is 4.90 Å². The van der Waals surface area contributed by atoms with E-state index in [0.29, 0.717) is 11.3 Å². The Kier molecular flexibility index (Phi) is 5.12. The highest BCUT2D eigenvalue weighted by molar-refractivity contribution is 5.98. The predicted molar refractivity (Wildman–Crippen MR) is 85.3 cm³/mol. The molecule has 3 N–H and O–H groups in total. The average molecular weight is 291 g/mol. The van der Waals surface area contributed by atoms with Crippen LogP contribution in [0.1, 0.15) is 36.7 Å². The van der Waals surface area contributed by atoms with Crippen molar-refractivity contribution in [2.75, 3.05) is 19.4 Å². The van der Waals surface area contributed by atoms with Gasteiger partial charge in [0.05, 0.1) is 6.04 Å². The molecule has 21 heavy (non-hydrogen) atoms. The van der Waals surface area contributed by atoms with Crippen LogP contribution in [0.3, 0.4) is 0 Å². The summed E-state index contributed by atoms with van der Waals surface area (Å²) in [5, 5.41) is 2.80. The number of carbonyl (C=O) groups is 2. The zero-order valence-corrected chi connectivity index (χ0v) is 13.7. The lowest BCUT2D eigenvalue weighted by Gasteiger charge is -2.26. The molecule has 0 aromatic heterocycles. The standard InChI is InChI=1S/C16H25N3O2/c1-10-9-11(7-8-12(10)15(21)19(5)6)18-14(20)13(17)16(2,3)4/h7-9,13H,17H2,1-6H3,(H,18,20)/t13-/m1/s1. The Balaban J connectivity index is 2.91. The van der Waals surface area contributed by atoms with Crippen LogP contribution in [0.4, 0.5) is 5.69 Å². The molecule has 1 aromatic rings. The fourth-order valence-corrected chi connectivity index (χ4v) is 1.84. The third-order valence-corrected chi connectivity index (χ3v) is 3.35. The van der Waals surface area contributed by atoms with E-state index in [0.717, 1.165) is 5.56 Å². The van der Waals surface area contributed by atoms with Crippen LogP contribution in [0, 0.1) is 12.3 Å². The summed E-state index contributed by atoms with van der Waals surface area (Å²) in [5.74, 6) is -0.287. The Hall–Kier alpha value is -1.88. The third kappa shape index (κ3) is 4.29. The number of amides is 2. The number of hydrogen-bond donors (Lipinski definition) is 2. The van der Waals surface area contributed by atoms with Gasteiger partial charge in [-0.15, -0.1) is 0 Å². The summed E-state index contributed by atoms with van der Waals surface area (Å²) in [4.78, 5) is 25.6. The molecular formula is C16H25N3O2. The summed E-state index contributed by atoms with van der Waals surface area (Å²) in [6.07, 6.45) is 0. The van der Waals surface area contributed by atoms with Crippen LogP contribution < -0.4 is 11.1 Å². The Morgan fingerprint density at radius 3 is 2.24 bits per heavy atom. The van der Waals surface area contributed by atoms with Crippen molar-refractivity contribution in [2.24, 2.45) is 11.1 Å². The molecule has 0 aliphatic heterocycles. The summed E-state index contributed by atoms with van der Waals surface area (Å²) in [6, 6.07) is 4.62. The van der Waals surface area contributed by atoms with Crippen LogP contribution in [0.25, 0.3) is 0 Å². The van der Waals surface area contributed by atoms with Gasteiger partial charge < -0.3 is 16.0 Å². The highest BCUT2D eigenvalue weighted by Gasteiger charge is 2.27. The molecule has 0 unspecified atom stereocenters. The number of nitrogens with one attached hydrogen (secondary N) is 1. The van der Waals surface area contributed by atoms with Crippen LogP contribution in [0.5, 0.6) is 0 Å². The fourth-order valence-electron chi connectivity index (χ4n) is 1.84. The van der Waals surface area contributed by atoms with Crippen molar-refractivity contribution in [1.29, 1.82) is 0 Å². The number of nitrogens with zero attached hydrogens (tertiary/aromatic N) is 1. The maximum absolute atomic E-state index is 12.1. The molecule has 116 valence electrons. The zero-order chi connectivity index (χ0) is 16.4. The number of carbonyl (C=O) groups excluding carboxylic acids is 2. The van der Waals surface area contributed by atoms with Gasteiger partial charge >= 0.3 is 0 Å². The van der Waals surface area contributed by atoms with Crippen LogP contribution in [0.15, 0.2) is 18.2 Å². The molecule has 0 aliphatic rings. The van der Waals surface area contributed by atoms with Crippen LogP contribution in [0.2, 0.25) is 0 Å². The lowest BCUT2D eigenvalue weighted by Crippen LogP contribution is -2.45. The molecule has 0 fully saturated rings. The highest BCUT2D eigenvalue weighted by Crippen LogP contribution is 2.20. The topological polar surface area (TPSA) is 75.4 Å². The molecule has 0 aliphatic carbocycles. The number of benzene rings is 1. The maximum Gasteiger partial charge on any atom is 0.253 e. The second-order valence-corrected chi connectivity index (χ2v) is 6.56. The lowest BCUT2D eigenvalue weighted by atomic mass is 9.87. The zero-order valence-electron chi connectivity index (χ0n) is 13.7. The number of nitrogens with two attached hydrogens (primary N) is 1. The Bertz CT molecular complexity index is 545. The Labute approximate surface area is 126 Å². The van der Waals surface area contributed by atoms with Crippen molar-refractivity contribution in [3.05, 3.63) is 29.3 Å². The molecule has 0 spiro atoms. The molecule has 5 nitrogen and oxygen atoms in total. The average Bonchev–Trinajstić information content (AvgIpc) is 2.35. The van der Waals surface area contributed by atoms with Crippen molar-refractivity contribution in [3.8, 4) is 0 Å². The van der Waals surface area contributed by atoms with Gasteiger partial charge in [-0.1, -0.05) is 20.8 Å². The van der Waals surface area contributed by atoms with Gasteiger partial charge in [-0.3, -0.25) is 9.59 Å². The highest BCUT2D eigenvalue weighted by atomic mass is 16.2. The molecule has 1 rings (SSSR count). The Morgan fingerprint density at radius 1 is 1.24 bits per heavy atom. The van der Waals surface area contributed by atoms with E-state index in [-0.39, 0.29) is 17.2 Å². The normalized spacial score (nSPS) is 12.7. The van der Waals surface area contributed by atoms with Crippen LogP contribution in [-0.4, -0.2) is 36.9 Å². The van der Waals surface area contributed by atoms with Gasteiger partial charge in [0.2, 0.25) is 5.91 Å². The molecule has 1 aromatic carbocycles. The molecule has 0 saturated carbocycles. The van der Waals surface area contributed by atoms with Gasteiger partial charge in [-0.05, 0) is 36.1 Å². The van der Waals surface area contributed by atoms with Crippen molar-refractivity contribution >= 4 is 17.5 Å². The SMILES string of the molecule is Cc1cc(NC(=O)[C@@H](N)C(C)(C)C)ccc1C(=O)N(C)C. The maximum atomic E-state index is 12.1. The second kappa shape index (κ2) is 6.26. The smallest absolute Gasteiger partial charge is 0.253 e. The quantitative estimate of drug-likeness (QED) is 0.894. The van der Waals surface area contributed by atoms with E-state index >= 15 is 0 Å². The minimum absolute atomic E-state index is 0.0585. The van der Waals surface area contributed by atoms with Gasteiger partial charge in [-0.2, -0.15) is 0 Å². The van der Waals surface area contributed by atoms with Crippen LogP contribution >= 0.6 is 0 Å². The van der Waals surface area contributed by atoms with Crippen molar-refractivity contribution in [2.45, 2.75) is 33.7 Å². The first kappa shape index (κ1) is 17.2. The van der Waals surface area contributed by atoms with Crippen LogP contribution in [-0.2, 0) is 4.79 Å². The van der Waals surface area contributed by atoms with E-state index < -0.39 is 6.04 Å². The first-order valence-electron chi connectivity index (χ1n) is 6.92. The molecule has 1 atom stereocenters. The van der Waals surface area contributed by atoms with E-state index in [1.807, 2.05) is 27.7 Å². The molecular weight excluding hydrogens is 266 g/mol. The fraction of sp³-hybridized carbons (Fsp3) is 0.500. The van der Waals surface area contributed by atoms with E-state index in [2.05, 4.69) is 5.32 Å². The summed E-state index contributed by atoms with van der Waals surface area (Å²) in [7, 11) is 3.42. The molecule has 5 heteroatoms. The number of rotatable bonds is 3. The van der Waals surface area contributed by atoms with E-state index in [1.165, 1.54) is 4.90 Å². The van der Waals surface area contributed by atoms with E-state index in [9.17, 15) is 9.59 Å². The number of anilines is 1. The van der Waals surface area contributed by atoms with Gasteiger partial charge in [0.25, 0.3) is 5.91 Å². The first-order valence-corrected chi connectivity index (χ1v) is 6.92.